The Morgan fingerprint density at radius 3 is 2.62 bits per heavy atom. The zero-order chi connectivity index (χ0) is 16.9. The van der Waals surface area contributed by atoms with E-state index in [4.69, 9.17) is 0 Å². The van der Waals surface area contributed by atoms with Crippen molar-refractivity contribution in [2.24, 2.45) is 0 Å². The molecule has 0 aliphatic heterocycles. The minimum Gasteiger partial charge on any atom is -0.508 e. The summed E-state index contributed by atoms with van der Waals surface area (Å²) in [5, 5.41) is 22.1. The number of benzene rings is 2. The molecule has 3 aromatic rings. The van der Waals surface area contributed by atoms with Crippen LogP contribution in [0.25, 0.3) is 17.0 Å². The second-order valence-electron chi connectivity index (χ2n) is 5.09. The maximum absolute atomic E-state index is 12.3. The lowest BCUT2D eigenvalue weighted by molar-refractivity contribution is -0.112. The van der Waals surface area contributed by atoms with Gasteiger partial charge < -0.3 is 10.4 Å². The monoisotopic (exact) mass is 315 g/mol. The molecule has 2 aromatic carbocycles. The molecule has 1 amide bonds. The van der Waals surface area contributed by atoms with Gasteiger partial charge in [0.25, 0.3) is 5.91 Å². The van der Waals surface area contributed by atoms with Crippen molar-refractivity contribution in [3.63, 3.8) is 0 Å². The van der Waals surface area contributed by atoms with Gasteiger partial charge in [0.05, 0.1) is 5.52 Å². The molecule has 0 aliphatic carbocycles. The number of nitrogens with zero attached hydrogens (tertiary/aromatic N) is 2. The Bertz CT molecular complexity index is 965. The lowest BCUT2D eigenvalue weighted by atomic mass is 10.1. The molecule has 0 saturated carbocycles. The summed E-state index contributed by atoms with van der Waals surface area (Å²) < 4.78 is 0. The first-order valence-electron chi connectivity index (χ1n) is 7.23. The van der Waals surface area contributed by atoms with Crippen LogP contribution in [0.15, 0.2) is 66.4 Å². The molecule has 5 heteroatoms. The van der Waals surface area contributed by atoms with Crippen LogP contribution in [-0.4, -0.2) is 16.0 Å². The number of carbonyl (C=O) groups is 1. The number of phenolic OH excluding ortho intramolecular Hbond substituents is 1. The van der Waals surface area contributed by atoms with Crippen LogP contribution in [0.2, 0.25) is 0 Å². The average molecular weight is 315 g/mol. The van der Waals surface area contributed by atoms with E-state index in [0.29, 0.717) is 5.69 Å². The minimum atomic E-state index is -0.510. The number of aromatic nitrogens is 1. The van der Waals surface area contributed by atoms with E-state index in [1.807, 2.05) is 30.3 Å². The van der Waals surface area contributed by atoms with Gasteiger partial charge in [0, 0.05) is 17.3 Å². The molecular formula is C19H13N3O2. The summed E-state index contributed by atoms with van der Waals surface area (Å²) in [6.45, 7) is 0. The lowest BCUT2D eigenvalue weighted by Gasteiger charge is -2.05. The van der Waals surface area contributed by atoms with Crippen molar-refractivity contribution in [2.45, 2.75) is 0 Å². The Labute approximate surface area is 138 Å². The standard InChI is InChI=1S/C19H13N3O2/c20-12-14(19(24)22-15-5-7-16(23)8-6-15)11-13-9-10-21-18-4-2-1-3-17(13)18/h1-11,23H,(H,22,24). The molecule has 5 nitrogen and oxygen atoms in total. The van der Waals surface area contributed by atoms with Gasteiger partial charge in [-0.15, -0.1) is 0 Å². The Balaban J connectivity index is 1.92. The van der Waals surface area contributed by atoms with E-state index in [-0.39, 0.29) is 11.3 Å². The van der Waals surface area contributed by atoms with E-state index >= 15 is 0 Å². The van der Waals surface area contributed by atoms with Crippen LogP contribution >= 0.6 is 0 Å². The molecule has 0 radical (unpaired) electrons. The fourth-order valence-corrected chi connectivity index (χ4v) is 2.29. The van der Waals surface area contributed by atoms with E-state index in [9.17, 15) is 15.2 Å². The van der Waals surface area contributed by atoms with Crippen LogP contribution < -0.4 is 5.32 Å². The molecule has 0 spiro atoms. The van der Waals surface area contributed by atoms with Gasteiger partial charge >= 0.3 is 0 Å². The van der Waals surface area contributed by atoms with Crippen LogP contribution in [0.4, 0.5) is 5.69 Å². The maximum atomic E-state index is 12.3. The number of hydrogen-bond donors (Lipinski definition) is 2. The first kappa shape index (κ1) is 15.3. The molecule has 0 fully saturated rings. The summed E-state index contributed by atoms with van der Waals surface area (Å²) in [7, 11) is 0. The topological polar surface area (TPSA) is 86.0 Å². The molecule has 2 N–H and O–H groups in total. The van der Waals surface area contributed by atoms with Gasteiger partial charge in [-0.2, -0.15) is 5.26 Å². The number of pyridine rings is 1. The smallest absolute Gasteiger partial charge is 0.266 e. The summed E-state index contributed by atoms with van der Waals surface area (Å²) in [6, 6.07) is 17.2. The molecule has 24 heavy (non-hydrogen) atoms. The summed E-state index contributed by atoms with van der Waals surface area (Å²) in [6.07, 6.45) is 3.18. The van der Waals surface area contributed by atoms with Crippen LogP contribution in [0.3, 0.4) is 0 Å². The number of aromatic hydroxyl groups is 1. The van der Waals surface area contributed by atoms with Crippen LogP contribution in [0, 0.1) is 11.3 Å². The quantitative estimate of drug-likeness (QED) is 0.440. The van der Waals surface area contributed by atoms with E-state index in [1.54, 1.807) is 30.5 Å². The fraction of sp³-hybridized carbons (Fsp3) is 0. The third-order valence-electron chi connectivity index (χ3n) is 3.47. The number of nitriles is 1. The molecule has 0 atom stereocenters. The van der Waals surface area contributed by atoms with Gasteiger partial charge in [-0.05, 0) is 48.0 Å². The van der Waals surface area contributed by atoms with Gasteiger partial charge in [-0.3, -0.25) is 9.78 Å². The van der Waals surface area contributed by atoms with Gasteiger partial charge in [0.1, 0.15) is 17.4 Å². The summed E-state index contributed by atoms with van der Waals surface area (Å²) in [5.41, 5.74) is 2.03. The summed E-state index contributed by atoms with van der Waals surface area (Å²) in [5.74, 6) is -0.406. The summed E-state index contributed by atoms with van der Waals surface area (Å²) in [4.78, 5) is 16.5. The highest BCUT2D eigenvalue weighted by Crippen LogP contribution is 2.20. The number of nitrogens with one attached hydrogen (secondary N) is 1. The van der Waals surface area contributed by atoms with Crippen LogP contribution in [-0.2, 0) is 4.79 Å². The Morgan fingerprint density at radius 2 is 1.88 bits per heavy atom. The first-order chi connectivity index (χ1) is 11.7. The SMILES string of the molecule is N#CC(=Cc1ccnc2ccccc12)C(=O)Nc1ccc(O)cc1. The zero-order valence-electron chi connectivity index (χ0n) is 12.6. The van der Waals surface area contributed by atoms with E-state index in [2.05, 4.69) is 10.3 Å². The highest BCUT2D eigenvalue weighted by atomic mass is 16.3. The van der Waals surface area contributed by atoms with Crippen LogP contribution in [0.5, 0.6) is 5.75 Å². The fourth-order valence-electron chi connectivity index (χ4n) is 2.29. The molecule has 0 bridgehead atoms. The molecule has 0 aliphatic rings. The lowest BCUT2D eigenvalue weighted by Crippen LogP contribution is -2.13. The Hall–Kier alpha value is -3.65. The van der Waals surface area contributed by atoms with Crippen molar-refractivity contribution in [1.29, 1.82) is 5.26 Å². The Morgan fingerprint density at radius 1 is 1.12 bits per heavy atom. The molecule has 1 heterocycles. The van der Waals surface area contributed by atoms with Gasteiger partial charge in [-0.25, -0.2) is 0 Å². The van der Waals surface area contributed by atoms with E-state index in [1.165, 1.54) is 12.1 Å². The number of phenols is 1. The number of carbonyl (C=O) groups excluding carboxylic acids is 1. The number of para-hydroxylation sites is 1. The molecule has 116 valence electrons. The number of amides is 1. The zero-order valence-corrected chi connectivity index (χ0v) is 12.6. The van der Waals surface area contributed by atoms with E-state index in [0.717, 1.165) is 16.5 Å². The largest absolute Gasteiger partial charge is 0.508 e. The molecule has 0 unspecified atom stereocenters. The number of rotatable bonds is 3. The predicted octanol–water partition coefficient (Wildman–Crippen LogP) is 3.49. The van der Waals surface area contributed by atoms with Crippen LogP contribution in [0.1, 0.15) is 5.56 Å². The van der Waals surface area contributed by atoms with Gasteiger partial charge in [-0.1, -0.05) is 18.2 Å². The maximum Gasteiger partial charge on any atom is 0.266 e. The second-order valence-corrected chi connectivity index (χ2v) is 5.09. The van der Waals surface area contributed by atoms with Gasteiger partial charge in [0.15, 0.2) is 0 Å². The number of fused-ring (bicyclic) bond motifs is 1. The molecule has 3 rings (SSSR count). The highest BCUT2D eigenvalue weighted by Gasteiger charge is 2.10. The minimum absolute atomic E-state index is 0.0144. The predicted molar refractivity (Wildman–Crippen MR) is 92.1 cm³/mol. The third-order valence-corrected chi connectivity index (χ3v) is 3.47. The Kier molecular flexibility index (Phi) is 4.21. The third kappa shape index (κ3) is 3.23. The summed E-state index contributed by atoms with van der Waals surface area (Å²) >= 11 is 0. The highest BCUT2D eigenvalue weighted by molar-refractivity contribution is 6.10. The van der Waals surface area contributed by atoms with Gasteiger partial charge in [0.2, 0.25) is 0 Å². The van der Waals surface area contributed by atoms with Crippen molar-refractivity contribution >= 4 is 28.6 Å². The van der Waals surface area contributed by atoms with Crippen molar-refractivity contribution in [3.05, 3.63) is 71.9 Å². The van der Waals surface area contributed by atoms with Crippen molar-refractivity contribution in [2.75, 3.05) is 5.32 Å². The molecule has 1 aromatic heterocycles. The average Bonchev–Trinajstić information content (AvgIpc) is 2.61. The van der Waals surface area contributed by atoms with Crippen molar-refractivity contribution < 1.29 is 9.90 Å². The van der Waals surface area contributed by atoms with E-state index < -0.39 is 5.91 Å². The van der Waals surface area contributed by atoms with Crippen molar-refractivity contribution in [3.8, 4) is 11.8 Å². The second kappa shape index (κ2) is 6.63. The molecular weight excluding hydrogens is 302 g/mol. The number of anilines is 1. The first-order valence-corrected chi connectivity index (χ1v) is 7.23. The normalized spacial score (nSPS) is 11.0. The number of hydrogen-bond acceptors (Lipinski definition) is 4. The van der Waals surface area contributed by atoms with Crippen molar-refractivity contribution in [1.82, 2.24) is 4.98 Å². The molecule has 0 saturated heterocycles.